The second kappa shape index (κ2) is 11.3. The number of alkyl halides is 2. The first-order chi connectivity index (χ1) is 18.9. The highest BCUT2D eigenvalue weighted by Gasteiger charge is 2.71. The third-order valence-corrected chi connectivity index (χ3v) is 12.3. The molecule has 0 spiro atoms. The van der Waals surface area contributed by atoms with E-state index in [0.29, 0.717) is 42.5 Å². The Morgan fingerprint density at radius 1 is 1.15 bits per heavy atom. The first kappa shape index (κ1) is 30.0. The molecule has 4 aliphatic rings. The number of thioether (sulfide) groups is 2. The summed E-state index contributed by atoms with van der Waals surface area (Å²) in [5, 5.41) is 23.6. The normalized spacial score (nSPS) is 40.4. The molecule has 40 heavy (non-hydrogen) atoms. The van der Waals surface area contributed by atoms with Gasteiger partial charge in [-0.1, -0.05) is 56.8 Å². The number of aliphatic hydroxyl groups excluding tert-OH is 1. The van der Waals surface area contributed by atoms with Crippen LogP contribution in [-0.2, 0) is 9.59 Å². The maximum atomic E-state index is 15.8. The molecule has 0 radical (unpaired) electrons. The van der Waals surface area contributed by atoms with Crippen LogP contribution < -0.4 is 0 Å². The SMILES string of the molecule is CC12C=CC(=O)C=C1C(F)CC1C2C(O)CC2(C)C(C(=O)SCF)C(CN(O)CCSc3ccccc3)CC12C. The summed E-state index contributed by atoms with van der Waals surface area (Å²) in [6, 6.07) is 9.08. The zero-order valence-corrected chi connectivity index (χ0v) is 24.9. The van der Waals surface area contributed by atoms with Crippen molar-refractivity contribution < 1.29 is 28.7 Å². The van der Waals surface area contributed by atoms with Crippen LogP contribution >= 0.6 is 23.5 Å². The number of fused-ring (bicyclic) bond motifs is 5. The van der Waals surface area contributed by atoms with Crippen molar-refractivity contribution in [3.8, 4) is 0 Å². The summed E-state index contributed by atoms with van der Waals surface area (Å²) in [6.07, 6.45) is 3.52. The van der Waals surface area contributed by atoms with Gasteiger partial charge >= 0.3 is 0 Å². The lowest BCUT2D eigenvalue weighted by molar-refractivity contribution is -0.169. The average molecular weight is 592 g/mol. The van der Waals surface area contributed by atoms with E-state index in [2.05, 4.69) is 6.92 Å². The van der Waals surface area contributed by atoms with Crippen LogP contribution in [0.3, 0.4) is 0 Å². The molecule has 0 aromatic heterocycles. The van der Waals surface area contributed by atoms with Gasteiger partial charge in [0.2, 0.25) is 0 Å². The molecule has 0 heterocycles. The standard InChI is InChI=1S/C31H39F2NO4S2/c1-29-10-9-20(35)13-22(29)24(33)14-23-27(29)25(36)16-31(3)26(28(37)40-18-32)19(15-30(23,31)2)17-34(38)11-12-39-21-7-5-4-6-8-21/h4-10,13,19,23-27,36,38H,11-12,14-18H2,1-3H3. The van der Waals surface area contributed by atoms with Gasteiger partial charge in [0, 0.05) is 41.0 Å². The highest BCUT2D eigenvalue weighted by atomic mass is 32.2. The highest BCUT2D eigenvalue weighted by Crippen LogP contribution is 2.73. The Bertz CT molecular complexity index is 1200. The number of nitrogens with zero attached hydrogens (tertiary/aromatic N) is 1. The fourth-order valence-electron chi connectivity index (χ4n) is 8.86. The maximum absolute atomic E-state index is 15.8. The van der Waals surface area contributed by atoms with Crippen molar-refractivity contribution in [1.29, 1.82) is 0 Å². The Balaban J connectivity index is 1.43. The van der Waals surface area contributed by atoms with Crippen LogP contribution in [0, 0.1) is 39.9 Å². The quantitative estimate of drug-likeness (QED) is 0.279. The number of halogens is 2. The highest BCUT2D eigenvalue weighted by molar-refractivity contribution is 8.13. The molecule has 0 amide bonds. The Labute approximate surface area is 243 Å². The van der Waals surface area contributed by atoms with E-state index in [0.717, 1.165) is 4.90 Å². The molecule has 218 valence electrons. The van der Waals surface area contributed by atoms with Crippen LogP contribution in [0.1, 0.15) is 40.0 Å². The molecule has 5 nitrogen and oxygen atoms in total. The minimum absolute atomic E-state index is 0.163. The fourth-order valence-corrected chi connectivity index (χ4v) is 10.5. The van der Waals surface area contributed by atoms with Gasteiger partial charge in [-0.05, 0) is 71.8 Å². The molecule has 0 saturated heterocycles. The van der Waals surface area contributed by atoms with Crippen molar-refractivity contribution in [2.75, 3.05) is 24.8 Å². The monoisotopic (exact) mass is 591 g/mol. The largest absolute Gasteiger partial charge is 0.393 e. The summed E-state index contributed by atoms with van der Waals surface area (Å²) >= 11 is 2.29. The molecule has 4 aliphatic carbocycles. The first-order valence-electron chi connectivity index (χ1n) is 14.1. The minimum Gasteiger partial charge on any atom is -0.393 e. The van der Waals surface area contributed by atoms with Crippen molar-refractivity contribution in [3.05, 3.63) is 54.1 Å². The van der Waals surface area contributed by atoms with E-state index in [9.17, 15) is 24.3 Å². The van der Waals surface area contributed by atoms with E-state index in [1.165, 1.54) is 17.2 Å². The fraction of sp³-hybridized carbons (Fsp3) is 0.613. The summed E-state index contributed by atoms with van der Waals surface area (Å²) in [6.45, 7) is 6.66. The number of hydrogen-bond donors (Lipinski definition) is 2. The van der Waals surface area contributed by atoms with Crippen LogP contribution in [0.5, 0.6) is 0 Å². The number of benzene rings is 1. The van der Waals surface area contributed by atoms with Gasteiger partial charge in [-0.15, -0.1) is 11.8 Å². The van der Waals surface area contributed by atoms with Crippen molar-refractivity contribution in [2.45, 2.75) is 57.2 Å². The lowest BCUT2D eigenvalue weighted by atomic mass is 9.41. The molecule has 9 heteroatoms. The molecule has 0 bridgehead atoms. The van der Waals surface area contributed by atoms with Gasteiger partial charge in [0.15, 0.2) is 10.9 Å². The zero-order chi connectivity index (χ0) is 28.9. The van der Waals surface area contributed by atoms with E-state index in [4.69, 9.17) is 0 Å². The number of aliphatic hydroxyl groups is 1. The van der Waals surface area contributed by atoms with Gasteiger partial charge in [0.25, 0.3) is 0 Å². The summed E-state index contributed by atoms with van der Waals surface area (Å²) in [5.74, 6) is -1.01. The van der Waals surface area contributed by atoms with Crippen LogP contribution in [-0.4, -0.2) is 63.4 Å². The molecular weight excluding hydrogens is 552 g/mol. The number of ketones is 1. The number of rotatable bonds is 8. The number of hydrogen-bond acceptors (Lipinski definition) is 7. The van der Waals surface area contributed by atoms with Crippen molar-refractivity contribution in [2.24, 2.45) is 39.9 Å². The van der Waals surface area contributed by atoms with Gasteiger partial charge in [0.1, 0.15) is 12.2 Å². The van der Waals surface area contributed by atoms with E-state index in [1.807, 2.05) is 44.2 Å². The lowest BCUT2D eigenvalue weighted by Gasteiger charge is -2.63. The average Bonchev–Trinajstić information content (AvgIpc) is 3.12. The third kappa shape index (κ3) is 4.93. The van der Waals surface area contributed by atoms with E-state index < -0.39 is 40.4 Å². The third-order valence-electron chi connectivity index (χ3n) is 10.7. The Kier molecular flexibility index (Phi) is 8.45. The second-order valence-electron chi connectivity index (χ2n) is 12.6. The molecule has 3 saturated carbocycles. The van der Waals surface area contributed by atoms with Gasteiger partial charge in [-0.3, -0.25) is 9.59 Å². The minimum atomic E-state index is -1.33. The van der Waals surface area contributed by atoms with Crippen LogP contribution in [0.4, 0.5) is 8.78 Å². The molecule has 1 aromatic carbocycles. The van der Waals surface area contributed by atoms with Gasteiger partial charge < -0.3 is 10.3 Å². The van der Waals surface area contributed by atoms with Crippen molar-refractivity contribution >= 4 is 34.4 Å². The van der Waals surface area contributed by atoms with Crippen LogP contribution in [0.25, 0.3) is 0 Å². The summed E-state index contributed by atoms with van der Waals surface area (Å²) in [4.78, 5) is 26.7. The molecular formula is C31H39F2NO4S2. The van der Waals surface area contributed by atoms with E-state index in [1.54, 1.807) is 17.8 Å². The maximum Gasteiger partial charge on any atom is 0.195 e. The van der Waals surface area contributed by atoms with Crippen LogP contribution in [0.2, 0.25) is 0 Å². The van der Waals surface area contributed by atoms with E-state index in [-0.39, 0.29) is 41.6 Å². The van der Waals surface area contributed by atoms with Gasteiger partial charge in [0.05, 0.1) is 6.10 Å². The van der Waals surface area contributed by atoms with Crippen molar-refractivity contribution in [1.82, 2.24) is 5.06 Å². The van der Waals surface area contributed by atoms with Crippen molar-refractivity contribution in [3.63, 3.8) is 0 Å². The topological polar surface area (TPSA) is 77.8 Å². The molecule has 9 unspecified atom stereocenters. The Hall–Kier alpha value is -1.52. The number of hydroxylamine groups is 2. The number of carbonyl (C=O) groups is 2. The molecule has 0 aliphatic heterocycles. The zero-order valence-electron chi connectivity index (χ0n) is 23.3. The predicted molar refractivity (Wildman–Crippen MR) is 154 cm³/mol. The molecule has 5 rings (SSSR count). The molecule has 3 fully saturated rings. The summed E-state index contributed by atoms with van der Waals surface area (Å²) in [5.41, 5.74) is -1.61. The number of carbonyl (C=O) groups excluding carboxylic acids is 2. The Morgan fingerprint density at radius 2 is 1.88 bits per heavy atom. The molecule has 9 atom stereocenters. The molecule has 1 aromatic rings. The lowest BCUT2D eigenvalue weighted by Crippen LogP contribution is -2.62. The first-order valence-corrected chi connectivity index (χ1v) is 16.0. The summed E-state index contributed by atoms with van der Waals surface area (Å²) < 4.78 is 29.3. The van der Waals surface area contributed by atoms with Gasteiger partial charge in [-0.25, -0.2) is 8.78 Å². The summed E-state index contributed by atoms with van der Waals surface area (Å²) in [7, 11) is 0. The second-order valence-corrected chi connectivity index (χ2v) is 14.7. The number of allylic oxidation sites excluding steroid dienone is 4. The van der Waals surface area contributed by atoms with Crippen LogP contribution in [0.15, 0.2) is 59.0 Å². The smallest absolute Gasteiger partial charge is 0.195 e. The predicted octanol–water partition coefficient (Wildman–Crippen LogP) is 6.12. The molecule has 2 N–H and O–H groups in total. The van der Waals surface area contributed by atoms with Gasteiger partial charge in [-0.2, -0.15) is 5.06 Å². The Morgan fingerprint density at radius 3 is 2.58 bits per heavy atom. The van der Waals surface area contributed by atoms with E-state index >= 15 is 4.39 Å².